The molecule has 1 nitrogen and oxygen atoms in total. The van der Waals surface area contributed by atoms with Crippen LogP contribution in [0.15, 0.2) is 84.9 Å². The van der Waals surface area contributed by atoms with E-state index >= 15 is 0 Å². The molecule has 7 rings (SSSR count). The zero-order valence-corrected chi connectivity index (χ0v) is 15.7. The van der Waals surface area contributed by atoms with Crippen molar-refractivity contribution in [1.29, 1.82) is 0 Å². The Balaban J connectivity index is 1.56. The van der Waals surface area contributed by atoms with Crippen LogP contribution in [0, 0.1) is 0 Å². The second kappa shape index (κ2) is 4.74. The van der Waals surface area contributed by atoms with Gasteiger partial charge in [-0.3, -0.25) is 0 Å². The predicted octanol–water partition coefficient (Wildman–Crippen LogP) is 6.04. The van der Waals surface area contributed by atoms with Crippen molar-refractivity contribution >= 4 is 11.4 Å². The fourth-order valence-electron chi connectivity index (χ4n) is 5.86. The Bertz CT molecular complexity index is 1270. The van der Waals surface area contributed by atoms with E-state index < -0.39 is 0 Å². The lowest BCUT2D eigenvalue weighted by atomic mass is 9.78. The highest BCUT2D eigenvalue weighted by Crippen LogP contribution is 2.67. The summed E-state index contributed by atoms with van der Waals surface area (Å²) in [6.07, 6.45) is 1.05. The van der Waals surface area contributed by atoms with Gasteiger partial charge < -0.3 is 4.90 Å². The quantitative estimate of drug-likeness (QED) is 0.320. The maximum absolute atomic E-state index is 2.38. The first-order valence-corrected chi connectivity index (χ1v) is 9.99. The Morgan fingerprint density at radius 3 is 2.04 bits per heavy atom. The van der Waals surface area contributed by atoms with E-state index in [0.717, 1.165) is 6.42 Å². The third-order valence-electron chi connectivity index (χ3n) is 7.04. The summed E-state index contributed by atoms with van der Waals surface area (Å²) in [7, 11) is 2.19. The third kappa shape index (κ3) is 1.49. The molecular weight excluding hydrogens is 338 g/mol. The van der Waals surface area contributed by atoms with Gasteiger partial charge in [0.2, 0.25) is 0 Å². The van der Waals surface area contributed by atoms with E-state index in [2.05, 4.69) is 96.9 Å². The van der Waals surface area contributed by atoms with Crippen LogP contribution >= 0.6 is 0 Å². The molecule has 1 heteroatoms. The highest BCUT2D eigenvalue weighted by atomic mass is 15.1. The largest absolute Gasteiger partial charge is 0.344 e. The van der Waals surface area contributed by atoms with E-state index in [-0.39, 0.29) is 5.41 Å². The van der Waals surface area contributed by atoms with Crippen LogP contribution in [-0.4, -0.2) is 7.05 Å². The van der Waals surface area contributed by atoms with Crippen LogP contribution in [-0.2, 0) is 11.8 Å². The Labute approximate surface area is 164 Å². The average Bonchev–Trinajstić information content (AvgIpc) is 3.28. The molecule has 4 aromatic rings. The van der Waals surface area contributed by atoms with Crippen LogP contribution in [0.2, 0.25) is 0 Å². The van der Waals surface area contributed by atoms with Gasteiger partial charge in [-0.25, -0.2) is 0 Å². The van der Waals surface area contributed by atoms with Gasteiger partial charge in [0, 0.05) is 18.4 Å². The summed E-state index contributed by atoms with van der Waals surface area (Å²) in [5.74, 6) is 0. The van der Waals surface area contributed by atoms with Crippen molar-refractivity contribution in [3.05, 3.63) is 118 Å². The first kappa shape index (κ1) is 14.7. The second-order valence-electron chi connectivity index (χ2n) is 8.19. The minimum absolute atomic E-state index is 0.0741. The van der Waals surface area contributed by atoms with Crippen LogP contribution in [0.3, 0.4) is 0 Å². The molecule has 1 aliphatic heterocycles. The van der Waals surface area contributed by atoms with E-state index in [4.69, 9.17) is 0 Å². The number of benzene rings is 4. The SMILES string of the molecule is CN1c2ccccc2C2(c3ccccc31)c1ccc3c(c12)Cc1ccccc1-3. The van der Waals surface area contributed by atoms with Crippen LogP contribution in [0.1, 0.15) is 33.4 Å². The van der Waals surface area contributed by atoms with Crippen molar-refractivity contribution in [3.8, 4) is 11.1 Å². The van der Waals surface area contributed by atoms with Crippen LogP contribution in [0.25, 0.3) is 11.1 Å². The maximum Gasteiger partial charge on any atom is 0.0751 e. The Morgan fingerprint density at radius 2 is 1.29 bits per heavy atom. The number of fused-ring (bicyclic) bond motifs is 11. The fourth-order valence-corrected chi connectivity index (χ4v) is 5.86. The molecular formula is C27H19N. The highest BCUT2D eigenvalue weighted by molar-refractivity contribution is 5.94. The Hall–Kier alpha value is -3.32. The molecule has 28 heavy (non-hydrogen) atoms. The Morgan fingerprint density at radius 1 is 0.643 bits per heavy atom. The highest BCUT2D eigenvalue weighted by Gasteiger charge is 2.59. The number of anilines is 2. The number of rotatable bonds is 0. The summed E-state index contributed by atoms with van der Waals surface area (Å²) in [5, 5.41) is 0. The van der Waals surface area contributed by atoms with E-state index in [9.17, 15) is 0 Å². The first-order chi connectivity index (χ1) is 13.8. The lowest BCUT2D eigenvalue weighted by Gasteiger charge is -2.36. The van der Waals surface area contributed by atoms with Crippen molar-refractivity contribution in [2.45, 2.75) is 11.8 Å². The first-order valence-electron chi connectivity index (χ1n) is 9.99. The van der Waals surface area contributed by atoms with Gasteiger partial charge in [-0.2, -0.15) is 0 Å². The van der Waals surface area contributed by atoms with Crippen LogP contribution in [0.5, 0.6) is 0 Å². The topological polar surface area (TPSA) is 3.24 Å². The molecule has 0 N–H and O–H groups in total. The summed E-state index contributed by atoms with van der Waals surface area (Å²) in [4.78, 5) is 2.35. The van der Waals surface area contributed by atoms with Gasteiger partial charge in [0.15, 0.2) is 0 Å². The van der Waals surface area contributed by atoms with Gasteiger partial charge in [-0.1, -0.05) is 72.8 Å². The number of nitrogens with zero attached hydrogens (tertiary/aromatic N) is 1. The minimum Gasteiger partial charge on any atom is -0.344 e. The number of hydrogen-bond donors (Lipinski definition) is 0. The molecule has 1 spiro atoms. The average molecular weight is 357 g/mol. The molecule has 0 saturated heterocycles. The number of para-hydroxylation sites is 2. The van der Waals surface area contributed by atoms with E-state index in [1.807, 2.05) is 0 Å². The van der Waals surface area contributed by atoms with Crippen LogP contribution in [0.4, 0.5) is 11.4 Å². The fraction of sp³-hybridized carbons (Fsp3) is 0.111. The second-order valence-corrected chi connectivity index (χ2v) is 8.19. The normalized spacial score (nSPS) is 16.1. The predicted molar refractivity (Wildman–Crippen MR) is 115 cm³/mol. The van der Waals surface area contributed by atoms with Gasteiger partial charge in [-0.05, 0) is 63.1 Å². The van der Waals surface area contributed by atoms with E-state index in [1.54, 1.807) is 5.56 Å². The zero-order chi connectivity index (χ0) is 18.5. The minimum atomic E-state index is -0.0741. The molecule has 0 atom stereocenters. The van der Waals surface area contributed by atoms with Gasteiger partial charge >= 0.3 is 0 Å². The summed E-state index contributed by atoms with van der Waals surface area (Å²) in [5.41, 5.74) is 14.3. The van der Waals surface area contributed by atoms with E-state index in [1.165, 1.54) is 50.3 Å². The molecule has 0 amide bonds. The summed E-state index contributed by atoms with van der Waals surface area (Å²) < 4.78 is 0. The number of hydrogen-bond acceptors (Lipinski definition) is 1. The van der Waals surface area contributed by atoms with Crippen molar-refractivity contribution in [2.24, 2.45) is 0 Å². The lowest BCUT2D eigenvalue weighted by Crippen LogP contribution is -2.27. The molecule has 0 fully saturated rings. The van der Waals surface area contributed by atoms with Crippen LogP contribution < -0.4 is 4.90 Å². The smallest absolute Gasteiger partial charge is 0.0751 e. The molecule has 0 bridgehead atoms. The molecule has 3 aliphatic rings. The molecule has 0 unspecified atom stereocenters. The van der Waals surface area contributed by atoms with Crippen molar-refractivity contribution in [1.82, 2.24) is 0 Å². The van der Waals surface area contributed by atoms with E-state index in [0.29, 0.717) is 0 Å². The summed E-state index contributed by atoms with van der Waals surface area (Å²) in [6.45, 7) is 0. The molecule has 0 aromatic heterocycles. The maximum atomic E-state index is 2.38. The molecule has 1 heterocycles. The van der Waals surface area contributed by atoms with Crippen molar-refractivity contribution < 1.29 is 0 Å². The summed E-state index contributed by atoms with van der Waals surface area (Å²) >= 11 is 0. The van der Waals surface area contributed by atoms with Gasteiger partial charge in [0.05, 0.1) is 5.41 Å². The molecule has 4 aromatic carbocycles. The standard InChI is InChI=1S/C27H19N/c1-28-24-12-6-4-10-21(24)27(22-11-5-7-13-25(22)28)23-15-14-19-18-9-3-2-8-17(18)16-20(19)26(23)27/h2-15H,16H2,1H3. The van der Waals surface area contributed by atoms with Crippen molar-refractivity contribution in [3.63, 3.8) is 0 Å². The molecule has 0 radical (unpaired) electrons. The van der Waals surface area contributed by atoms with Gasteiger partial charge in [-0.15, -0.1) is 0 Å². The van der Waals surface area contributed by atoms with Gasteiger partial charge in [0.25, 0.3) is 0 Å². The third-order valence-corrected chi connectivity index (χ3v) is 7.04. The molecule has 2 aliphatic carbocycles. The van der Waals surface area contributed by atoms with Gasteiger partial charge in [0.1, 0.15) is 0 Å². The van der Waals surface area contributed by atoms with Crippen molar-refractivity contribution in [2.75, 3.05) is 11.9 Å². The Kier molecular flexibility index (Phi) is 2.49. The molecule has 0 saturated carbocycles. The zero-order valence-electron chi connectivity index (χ0n) is 15.7. The molecule has 132 valence electrons. The lowest BCUT2D eigenvalue weighted by molar-refractivity contribution is 0.867. The summed E-state index contributed by atoms with van der Waals surface area (Å²) in [6, 6.07) is 31.5. The monoisotopic (exact) mass is 357 g/mol.